The molecule has 1 heterocycles. The Hall–Kier alpha value is -1.75. The van der Waals surface area contributed by atoms with Crippen molar-refractivity contribution in [2.24, 2.45) is 52.3 Å². The first-order chi connectivity index (χ1) is 21.7. The van der Waals surface area contributed by atoms with Crippen LogP contribution in [0.4, 0.5) is 0 Å². The minimum atomic E-state index is -1.01. The molecule has 260 valence electrons. The van der Waals surface area contributed by atoms with Crippen molar-refractivity contribution in [2.45, 2.75) is 155 Å². The van der Waals surface area contributed by atoms with E-state index >= 15 is 0 Å². The summed E-state index contributed by atoms with van der Waals surface area (Å²) in [6.07, 6.45) is 10.1. The number of carbonyl (C=O) groups is 3. The van der Waals surface area contributed by atoms with E-state index in [0.717, 1.165) is 51.4 Å². The summed E-state index contributed by atoms with van der Waals surface area (Å²) in [4.78, 5) is 61.2. The Labute approximate surface area is 273 Å². The van der Waals surface area contributed by atoms with Crippen molar-refractivity contribution >= 4 is 17.9 Å². The molecule has 0 bridgehead atoms. The monoisotopic (exact) mass is 648 g/mol. The Kier molecular flexibility index (Phi) is 9.35. The minimum absolute atomic E-state index is 0.109. The van der Waals surface area contributed by atoms with E-state index in [1.165, 1.54) is 13.8 Å². The average molecular weight is 649 g/mol. The van der Waals surface area contributed by atoms with E-state index in [2.05, 4.69) is 27.7 Å². The highest BCUT2D eigenvalue weighted by Gasteiger charge is 2.69. The molecule has 46 heavy (non-hydrogen) atoms. The summed E-state index contributed by atoms with van der Waals surface area (Å²) in [5, 5.41) is 9.41. The van der Waals surface area contributed by atoms with E-state index in [0.29, 0.717) is 38.0 Å². The molecule has 0 aromatic carbocycles. The highest BCUT2D eigenvalue weighted by molar-refractivity contribution is 5.67. The van der Waals surface area contributed by atoms with Crippen molar-refractivity contribution in [1.29, 1.82) is 0 Å². The molecular weight excluding hydrogens is 592 g/mol. The van der Waals surface area contributed by atoms with Crippen LogP contribution in [0, 0.1) is 52.3 Å². The number of ether oxygens (including phenoxy) is 2. The second-order valence-corrected chi connectivity index (χ2v) is 16.4. The molecule has 6 rings (SSSR count). The number of rotatable bonds is 7. The fourth-order valence-corrected chi connectivity index (χ4v) is 11.5. The van der Waals surface area contributed by atoms with Gasteiger partial charge in [0.15, 0.2) is 0 Å². The fraction of sp³-hybridized carbons (Fsp3) is 0.917. The Morgan fingerprint density at radius 3 is 2.11 bits per heavy atom. The average Bonchev–Trinajstić information content (AvgIpc) is 3.37. The van der Waals surface area contributed by atoms with E-state index in [4.69, 9.17) is 29.0 Å². The van der Waals surface area contributed by atoms with Crippen molar-refractivity contribution in [3.05, 3.63) is 0 Å². The van der Waals surface area contributed by atoms with Crippen molar-refractivity contribution in [3.8, 4) is 0 Å². The molecule has 10 heteroatoms. The fourth-order valence-electron chi connectivity index (χ4n) is 11.5. The van der Waals surface area contributed by atoms with E-state index in [9.17, 15) is 19.5 Å². The Balaban J connectivity index is 1.26. The lowest BCUT2D eigenvalue weighted by atomic mass is 9.42. The van der Waals surface area contributed by atoms with E-state index < -0.39 is 17.5 Å². The Bertz CT molecular complexity index is 1150. The summed E-state index contributed by atoms with van der Waals surface area (Å²) in [7, 11) is 0. The number of hydrogen-bond acceptors (Lipinski definition) is 9. The highest BCUT2D eigenvalue weighted by Crippen LogP contribution is 2.70. The summed E-state index contributed by atoms with van der Waals surface area (Å²) in [5.41, 5.74) is -0.467. The summed E-state index contributed by atoms with van der Waals surface area (Å²) >= 11 is 0. The standard InChI is InChI=1S/C36H56O10/c1-7-24-12-14-35(15-13-24)43-45-36(46-44-35)17-16-33(5)25(20-36)18-29(41-22(3)37)32-27-10-9-26(21(2)8-11-31(39)40)34(27,6)30(19-28(32)33)42-23(4)38/h21,24-30,32H,7-20H2,1-6H3,(H,39,40)/t21?,24?,25-,26-,27?,28?,29-,30+,32?,33+,34-,35?,36?/m1/s1. The van der Waals surface area contributed by atoms with Crippen LogP contribution in [0.5, 0.6) is 0 Å². The van der Waals surface area contributed by atoms with Crippen molar-refractivity contribution < 1.29 is 48.5 Å². The summed E-state index contributed by atoms with van der Waals surface area (Å²) in [6, 6.07) is 0. The van der Waals surface area contributed by atoms with Gasteiger partial charge in [-0.05, 0) is 92.3 Å². The van der Waals surface area contributed by atoms with Crippen LogP contribution < -0.4 is 0 Å². The van der Waals surface area contributed by atoms with Gasteiger partial charge in [-0.15, -0.1) is 0 Å². The minimum Gasteiger partial charge on any atom is -0.481 e. The molecule has 0 aromatic heterocycles. The van der Waals surface area contributed by atoms with Gasteiger partial charge >= 0.3 is 17.9 Å². The van der Waals surface area contributed by atoms with Crippen LogP contribution in [0.1, 0.15) is 131 Å². The lowest BCUT2D eigenvalue weighted by Crippen LogP contribution is -2.65. The van der Waals surface area contributed by atoms with Gasteiger partial charge in [0.1, 0.15) is 12.2 Å². The van der Waals surface area contributed by atoms with Crippen LogP contribution in [0.25, 0.3) is 0 Å². The summed E-state index contributed by atoms with van der Waals surface area (Å²) < 4.78 is 12.5. The van der Waals surface area contributed by atoms with Gasteiger partial charge in [-0.3, -0.25) is 14.4 Å². The lowest BCUT2D eigenvalue weighted by molar-refractivity contribution is -0.665. The van der Waals surface area contributed by atoms with Crippen LogP contribution >= 0.6 is 0 Å². The first kappa shape index (κ1) is 34.1. The third-order valence-corrected chi connectivity index (χ3v) is 14.1. The van der Waals surface area contributed by atoms with Gasteiger partial charge < -0.3 is 14.6 Å². The molecule has 5 saturated carbocycles. The molecular formula is C36H56O10. The predicted molar refractivity (Wildman–Crippen MR) is 165 cm³/mol. The van der Waals surface area contributed by atoms with Gasteiger partial charge in [0.05, 0.1) is 0 Å². The van der Waals surface area contributed by atoms with E-state index in [1.807, 2.05) is 0 Å². The molecule has 0 amide bonds. The Morgan fingerprint density at radius 2 is 1.50 bits per heavy atom. The quantitative estimate of drug-likeness (QED) is 0.225. The highest BCUT2D eigenvalue weighted by atomic mass is 17.4. The first-order valence-corrected chi connectivity index (χ1v) is 18.0. The molecule has 5 aliphatic carbocycles. The van der Waals surface area contributed by atoms with E-state index in [1.54, 1.807) is 0 Å². The predicted octanol–water partition coefficient (Wildman–Crippen LogP) is 7.13. The molecule has 1 aliphatic heterocycles. The normalized spacial score (nSPS) is 47.3. The van der Waals surface area contributed by atoms with E-state index in [-0.39, 0.29) is 76.9 Å². The number of aliphatic carboxylic acids is 1. The molecule has 0 aromatic rings. The second-order valence-electron chi connectivity index (χ2n) is 16.4. The van der Waals surface area contributed by atoms with Crippen LogP contribution in [-0.2, 0) is 43.4 Å². The number of esters is 2. The van der Waals surface area contributed by atoms with Crippen LogP contribution in [-0.4, -0.2) is 46.8 Å². The lowest BCUT2D eigenvalue weighted by Gasteiger charge is -2.65. The number of carboxylic acids is 1. The van der Waals surface area contributed by atoms with Crippen LogP contribution in [0.3, 0.4) is 0 Å². The maximum atomic E-state index is 12.6. The third-order valence-electron chi connectivity index (χ3n) is 14.1. The molecule has 6 fully saturated rings. The SMILES string of the molecule is CCC1CCC2(CC1)OOC1(CC[C@]3(C)C4C[C@H](OC(C)=O)[C@@]5(C)C(CC[C@@H]5C(C)CCC(=O)O)C4[C@H](OC(C)=O)C[C@@H]3C1)OO2. The zero-order valence-corrected chi connectivity index (χ0v) is 28.7. The molecule has 0 radical (unpaired) electrons. The summed E-state index contributed by atoms with van der Waals surface area (Å²) in [5.74, 6) is -1.61. The van der Waals surface area contributed by atoms with Crippen molar-refractivity contribution in [3.63, 3.8) is 0 Å². The summed E-state index contributed by atoms with van der Waals surface area (Å²) in [6.45, 7) is 12.0. The molecule has 1 N–H and O–H groups in total. The van der Waals surface area contributed by atoms with Gasteiger partial charge in [0.25, 0.3) is 0 Å². The third kappa shape index (κ3) is 5.91. The topological polar surface area (TPSA) is 127 Å². The molecule has 10 atom stereocenters. The zero-order valence-electron chi connectivity index (χ0n) is 28.7. The smallest absolute Gasteiger partial charge is 0.303 e. The maximum absolute atomic E-state index is 12.6. The van der Waals surface area contributed by atoms with Crippen molar-refractivity contribution in [2.75, 3.05) is 0 Å². The molecule has 1 saturated heterocycles. The van der Waals surface area contributed by atoms with Gasteiger partial charge in [-0.25, -0.2) is 0 Å². The van der Waals surface area contributed by atoms with Gasteiger partial charge in [-0.2, -0.15) is 19.6 Å². The zero-order chi connectivity index (χ0) is 33.1. The number of carboxylic acid groups (broad SMARTS) is 1. The Morgan fingerprint density at radius 1 is 0.848 bits per heavy atom. The largest absolute Gasteiger partial charge is 0.481 e. The van der Waals surface area contributed by atoms with Gasteiger partial charge in [0, 0.05) is 57.3 Å². The molecule has 2 spiro atoms. The second kappa shape index (κ2) is 12.6. The van der Waals surface area contributed by atoms with Crippen LogP contribution in [0.15, 0.2) is 0 Å². The maximum Gasteiger partial charge on any atom is 0.303 e. The number of hydrogen-bond donors (Lipinski definition) is 1. The number of fused-ring (bicyclic) bond motifs is 5. The van der Waals surface area contributed by atoms with Crippen molar-refractivity contribution in [1.82, 2.24) is 0 Å². The molecule has 10 nitrogen and oxygen atoms in total. The molecule has 6 aliphatic rings. The number of carbonyl (C=O) groups excluding carboxylic acids is 2. The first-order valence-electron chi connectivity index (χ1n) is 18.0. The van der Waals surface area contributed by atoms with Crippen LogP contribution in [0.2, 0.25) is 0 Å². The molecule has 4 unspecified atom stereocenters. The van der Waals surface area contributed by atoms with Gasteiger partial charge in [0.2, 0.25) is 11.6 Å². The van der Waals surface area contributed by atoms with Gasteiger partial charge in [-0.1, -0.05) is 34.1 Å².